The number of esters is 1. The van der Waals surface area contributed by atoms with Crippen molar-refractivity contribution in [2.24, 2.45) is 0 Å². The summed E-state index contributed by atoms with van der Waals surface area (Å²) >= 11 is 2.32. The van der Waals surface area contributed by atoms with Gasteiger partial charge in [-0.1, -0.05) is 30.1 Å². The molecule has 0 unspecified atom stereocenters. The van der Waals surface area contributed by atoms with Gasteiger partial charge in [0.2, 0.25) is 4.45 Å². The highest BCUT2D eigenvalue weighted by atomic mass is 32.2. The van der Waals surface area contributed by atoms with Gasteiger partial charge in [0.1, 0.15) is 13.4 Å². The van der Waals surface area contributed by atoms with Crippen molar-refractivity contribution >= 4 is 33.9 Å². The molecular weight excluding hydrogens is 264 g/mol. The fourth-order valence-corrected chi connectivity index (χ4v) is 2.89. The van der Waals surface area contributed by atoms with Gasteiger partial charge in [0.25, 0.3) is 0 Å². The zero-order chi connectivity index (χ0) is 12.5. The van der Waals surface area contributed by atoms with Crippen molar-refractivity contribution in [2.45, 2.75) is 5.25 Å². The molecular formula is C10H14O5S2. The van der Waals surface area contributed by atoms with E-state index in [0.717, 1.165) is 17.8 Å². The average molecular weight is 278 g/mol. The molecule has 0 aromatic rings. The molecule has 0 aromatic heterocycles. The summed E-state index contributed by atoms with van der Waals surface area (Å²) in [5.74, 6) is -0.0281. The second kappa shape index (κ2) is 8.57. The van der Waals surface area contributed by atoms with Crippen LogP contribution in [0.2, 0.25) is 0 Å². The Labute approximate surface area is 108 Å². The van der Waals surface area contributed by atoms with Crippen molar-refractivity contribution in [1.82, 2.24) is 0 Å². The van der Waals surface area contributed by atoms with Gasteiger partial charge < -0.3 is 14.2 Å². The van der Waals surface area contributed by atoms with Crippen LogP contribution < -0.4 is 0 Å². The van der Waals surface area contributed by atoms with E-state index in [9.17, 15) is 9.59 Å². The van der Waals surface area contributed by atoms with Crippen molar-refractivity contribution in [3.05, 3.63) is 12.7 Å². The molecule has 1 saturated heterocycles. The van der Waals surface area contributed by atoms with E-state index in [1.807, 2.05) is 0 Å². The fraction of sp³-hybridized carbons (Fsp3) is 0.600. The second-order valence-corrected chi connectivity index (χ2v) is 5.67. The van der Waals surface area contributed by atoms with Crippen LogP contribution in [0.1, 0.15) is 0 Å². The van der Waals surface area contributed by atoms with Crippen LogP contribution in [-0.2, 0) is 19.0 Å². The summed E-state index contributed by atoms with van der Waals surface area (Å²) in [4.78, 5) is 22.2. The minimum Gasteiger partial charge on any atom is -0.462 e. The molecule has 0 saturated carbocycles. The Hall–Kier alpha value is -0.500. The van der Waals surface area contributed by atoms with Crippen LogP contribution in [0.3, 0.4) is 0 Å². The van der Waals surface area contributed by atoms with E-state index in [1.165, 1.54) is 11.8 Å². The van der Waals surface area contributed by atoms with E-state index < -0.39 is 5.97 Å². The molecule has 1 aliphatic rings. The molecule has 0 bridgehead atoms. The molecule has 0 aromatic carbocycles. The molecule has 1 heterocycles. The van der Waals surface area contributed by atoms with Crippen LogP contribution in [0.25, 0.3) is 0 Å². The summed E-state index contributed by atoms with van der Waals surface area (Å²) in [6.45, 7) is 4.84. The smallest absolute Gasteiger partial charge is 0.330 e. The summed E-state index contributed by atoms with van der Waals surface area (Å²) < 4.78 is 14.9. The highest BCUT2D eigenvalue weighted by molar-refractivity contribution is 8.38. The van der Waals surface area contributed by atoms with Crippen LogP contribution >= 0.6 is 23.5 Å². The van der Waals surface area contributed by atoms with Gasteiger partial charge in [0.15, 0.2) is 0 Å². The third-order valence-electron chi connectivity index (χ3n) is 1.75. The SMILES string of the molecule is C=CC(=O)OCCSC(=O)SC1COCOC1. The van der Waals surface area contributed by atoms with Crippen molar-refractivity contribution in [2.75, 3.05) is 32.4 Å². The average Bonchev–Trinajstić information content (AvgIpc) is 2.35. The van der Waals surface area contributed by atoms with E-state index >= 15 is 0 Å². The van der Waals surface area contributed by atoms with Gasteiger partial charge in [-0.25, -0.2) is 4.79 Å². The van der Waals surface area contributed by atoms with E-state index in [0.29, 0.717) is 25.8 Å². The molecule has 0 amide bonds. The maximum Gasteiger partial charge on any atom is 0.330 e. The zero-order valence-corrected chi connectivity index (χ0v) is 10.9. The van der Waals surface area contributed by atoms with E-state index in [4.69, 9.17) is 14.2 Å². The lowest BCUT2D eigenvalue weighted by Gasteiger charge is -2.20. The molecule has 1 rings (SSSR count). The van der Waals surface area contributed by atoms with Crippen molar-refractivity contribution in [1.29, 1.82) is 0 Å². The molecule has 1 aliphatic heterocycles. The third-order valence-corrected chi connectivity index (χ3v) is 3.80. The summed E-state index contributed by atoms with van der Waals surface area (Å²) in [6.07, 6.45) is 1.10. The Morgan fingerprint density at radius 2 is 2.12 bits per heavy atom. The number of thioether (sulfide) groups is 2. The van der Waals surface area contributed by atoms with Crippen LogP contribution in [0.5, 0.6) is 0 Å². The van der Waals surface area contributed by atoms with Crippen molar-refractivity contribution < 1.29 is 23.8 Å². The van der Waals surface area contributed by atoms with Gasteiger partial charge in [-0.2, -0.15) is 0 Å². The summed E-state index contributed by atoms with van der Waals surface area (Å²) in [7, 11) is 0. The minimum atomic E-state index is -0.472. The van der Waals surface area contributed by atoms with Crippen LogP contribution in [-0.4, -0.2) is 48.0 Å². The van der Waals surface area contributed by atoms with Crippen LogP contribution in [0, 0.1) is 0 Å². The number of hydrogen-bond donors (Lipinski definition) is 0. The quantitative estimate of drug-likeness (QED) is 0.430. The predicted molar refractivity (Wildman–Crippen MR) is 67.2 cm³/mol. The summed E-state index contributed by atoms with van der Waals surface area (Å²) in [5, 5.41) is 0.0551. The van der Waals surface area contributed by atoms with Gasteiger partial charge in [0.05, 0.1) is 18.5 Å². The molecule has 17 heavy (non-hydrogen) atoms. The lowest BCUT2D eigenvalue weighted by Crippen LogP contribution is -2.27. The molecule has 0 spiro atoms. The van der Waals surface area contributed by atoms with E-state index in [1.54, 1.807) is 0 Å². The topological polar surface area (TPSA) is 61.8 Å². The number of ether oxygens (including phenoxy) is 3. The fourth-order valence-electron chi connectivity index (χ4n) is 1.03. The maximum absolute atomic E-state index is 11.5. The predicted octanol–water partition coefficient (Wildman–Crippen LogP) is 1.67. The van der Waals surface area contributed by atoms with Gasteiger partial charge in [-0.05, 0) is 0 Å². The molecule has 0 atom stereocenters. The molecule has 0 aliphatic carbocycles. The molecule has 5 nitrogen and oxygen atoms in total. The Balaban J connectivity index is 2.04. The molecule has 7 heteroatoms. The minimum absolute atomic E-state index is 0.0150. The zero-order valence-electron chi connectivity index (χ0n) is 9.26. The first kappa shape index (κ1) is 14.6. The Bertz CT molecular complexity index is 276. The maximum atomic E-state index is 11.5. The van der Waals surface area contributed by atoms with Gasteiger partial charge in [0, 0.05) is 11.8 Å². The first-order chi connectivity index (χ1) is 8.22. The number of carbonyl (C=O) groups excluding carboxylic acids is 2. The highest BCUT2D eigenvalue weighted by Crippen LogP contribution is 2.23. The monoisotopic (exact) mass is 278 g/mol. The number of hydrogen-bond acceptors (Lipinski definition) is 7. The standard InChI is InChI=1S/C10H14O5S2/c1-2-9(11)15-3-4-16-10(12)17-8-5-13-7-14-6-8/h2,8H,1,3-7H2. The van der Waals surface area contributed by atoms with E-state index in [-0.39, 0.29) is 16.3 Å². The molecule has 0 radical (unpaired) electrons. The Morgan fingerprint density at radius 1 is 1.41 bits per heavy atom. The Kier molecular flexibility index (Phi) is 7.34. The first-order valence-electron chi connectivity index (χ1n) is 5.00. The largest absolute Gasteiger partial charge is 0.462 e. The normalized spacial score (nSPS) is 16.5. The van der Waals surface area contributed by atoms with Crippen molar-refractivity contribution in [3.8, 4) is 0 Å². The number of carbonyl (C=O) groups is 2. The molecule has 1 fully saturated rings. The number of rotatable bonds is 5. The van der Waals surface area contributed by atoms with Crippen LogP contribution in [0.15, 0.2) is 12.7 Å². The summed E-state index contributed by atoms with van der Waals surface area (Å²) in [5.41, 5.74) is 0. The third kappa shape index (κ3) is 6.72. The molecule has 0 N–H and O–H groups in total. The van der Waals surface area contributed by atoms with Crippen LogP contribution in [0.4, 0.5) is 4.79 Å². The first-order valence-corrected chi connectivity index (χ1v) is 6.87. The molecule has 96 valence electrons. The second-order valence-electron chi connectivity index (χ2n) is 3.07. The summed E-state index contributed by atoms with van der Waals surface area (Å²) in [6, 6.07) is 0. The van der Waals surface area contributed by atoms with Gasteiger partial charge in [-0.15, -0.1) is 0 Å². The highest BCUT2D eigenvalue weighted by Gasteiger charge is 2.18. The van der Waals surface area contributed by atoms with E-state index in [2.05, 4.69) is 6.58 Å². The van der Waals surface area contributed by atoms with Crippen molar-refractivity contribution in [3.63, 3.8) is 0 Å². The van der Waals surface area contributed by atoms with Gasteiger partial charge >= 0.3 is 5.97 Å². The Morgan fingerprint density at radius 3 is 2.76 bits per heavy atom. The lowest BCUT2D eigenvalue weighted by molar-refractivity contribution is -0.137. The van der Waals surface area contributed by atoms with Gasteiger partial charge in [-0.3, -0.25) is 4.79 Å². The lowest BCUT2D eigenvalue weighted by atomic mass is 10.5.